The predicted molar refractivity (Wildman–Crippen MR) is 88.6 cm³/mol. The second-order valence-corrected chi connectivity index (χ2v) is 7.18. The van der Waals surface area contributed by atoms with Crippen LogP contribution >= 0.6 is 11.8 Å². The number of thioether (sulfide) groups is 1. The first-order chi connectivity index (χ1) is 10.5. The average Bonchev–Trinajstić information content (AvgIpc) is 2.46. The lowest BCUT2D eigenvalue weighted by Gasteiger charge is -2.35. The zero-order chi connectivity index (χ0) is 16.1. The molecule has 2 atom stereocenters. The summed E-state index contributed by atoms with van der Waals surface area (Å²) in [4.78, 5) is 14.3. The monoisotopic (exact) mass is 325 g/mol. The number of ether oxygens (including phenoxy) is 1. The van der Waals surface area contributed by atoms with Crippen molar-refractivity contribution in [1.82, 2.24) is 4.90 Å². The van der Waals surface area contributed by atoms with Crippen molar-refractivity contribution in [2.45, 2.75) is 26.0 Å². The molecule has 1 fully saturated rings. The van der Waals surface area contributed by atoms with Crippen molar-refractivity contribution in [3.05, 3.63) is 29.6 Å². The van der Waals surface area contributed by atoms with Gasteiger partial charge in [0.2, 0.25) is 5.91 Å². The molecule has 1 saturated heterocycles. The molecule has 1 aromatic rings. The van der Waals surface area contributed by atoms with Crippen LogP contribution in [0.3, 0.4) is 0 Å². The number of halogens is 1. The topological polar surface area (TPSA) is 29.5 Å². The number of hydrogen-bond acceptors (Lipinski definition) is 3. The summed E-state index contributed by atoms with van der Waals surface area (Å²) >= 11 is 1.51. The average molecular weight is 325 g/mol. The van der Waals surface area contributed by atoms with E-state index in [0.29, 0.717) is 29.1 Å². The number of hydrogen-bond donors (Lipinski definition) is 0. The zero-order valence-corrected chi connectivity index (χ0v) is 14.3. The lowest BCUT2D eigenvalue weighted by atomic mass is 9.92. The third-order valence-corrected chi connectivity index (χ3v) is 4.91. The smallest absolute Gasteiger partial charge is 0.232 e. The van der Waals surface area contributed by atoms with E-state index in [9.17, 15) is 9.18 Å². The van der Waals surface area contributed by atoms with E-state index in [1.165, 1.54) is 30.3 Å². The number of carbonyl (C=O) groups excluding carboxylic acids is 1. The Labute approximate surface area is 136 Å². The maximum absolute atomic E-state index is 13.3. The van der Waals surface area contributed by atoms with E-state index in [-0.39, 0.29) is 11.7 Å². The molecule has 2 unspecified atom stereocenters. The summed E-state index contributed by atoms with van der Waals surface area (Å²) in [5.74, 6) is 2.72. The standard InChI is InChI=1S/C17H24FNO2S/c1-12-6-13(2)9-19(8-12)17(20)11-22-10-14-7-15(18)4-5-16(14)21-3/h4-5,7,12-13H,6,8-11H2,1-3H3. The summed E-state index contributed by atoms with van der Waals surface area (Å²) in [5, 5.41) is 0. The van der Waals surface area contributed by atoms with Gasteiger partial charge in [0.1, 0.15) is 11.6 Å². The van der Waals surface area contributed by atoms with Crippen molar-refractivity contribution in [1.29, 1.82) is 0 Å². The fourth-order valence-electron chi connectivity index (χ4n) is 3.07. The number of nitrogens with zero attached hydrogens (tertiary/aromatic N) is 1. The molecule has 5 heteroatoms. The molecule has 2 rings (SSSR count). The van der Waals surface area contributed by atoms with E-state index in [4.69, 9.17) is 4.74 Å². The fourth-order valence-corrected chi connectivity index (χ4v) is 3.97. The molecule has 1 amide bonds. The normalized spacial score (nSPS) is 21.7. The minimum Gasteiger partial charge on any atom is -0.496 e. The van der Waals surface area contributed by atoms with Crippen LogP contribution in [0.25, 0.3) is 0 Å². The third-order valence-electron chi connectivity index (χ3n) is 3.95. The minimum atomic E-state index is -0.276. The van der Waals surface area contributed by atoms with E-state index in [1.807, 2.05) is 4.90 Å². The van der Waals surface area contributed by atoms with E-state index < -0.39 is 0 Å². The molecule has 0 aromatic heterocycles. The highest BCUT2D eigenvalue weighted by Crippen LogP contribution is 2.25. The first kappa shape index (κ1) is 17.1. The number of amides is 1. The molecule has 1 aliphatic rings. The molecule has 22 heavy (non-hydrogen) atoms. The maximum Gasteiger partial charge on any atom is 0.232 e. The van der Waals surface area contributed by atoms with Crippen LogP contribution in [0, 0.1) is 17.7 Å². The Morgan fingerprint density at radius 2 is 2.05 bits per heavy atom. The maximum atomic E-state index is 13.3. The third kappa shape index (κ3) is 4.63. The van der Waals surface area contributed by atoms with Gasteiger partial charge in [0.15, 0.2) is 0 Å². The second-order valence-electron chi connectivity index (χ2n) is 6.19. The SMILES string of the molecule is COc1ccc(F)cc1CSCC(=O)N1CC(C)CC(C)C1. The van der Waals surface area contributed by atoms with Crippen molar-refractivity contribution in [3.63, 3.8) is 0 Å². The molecule has 1 aliphatic heterocycles. The number of rotatable bonds is 5. The lowest BCUT2D eigenvalue weighted by Crippen LogP contribution is -2.43. The number of likely N-dealkylation sites (tertiary alicyclic amines) is 1. The molecule has 0 aliphatic carbocycles. The number of carbonyl (C=O) groups is 1. The lowest BCUT2D eigenvalue weighted by molar-refractivity contribution is -0.130. The van der Waals surface area contributed by atoms with Gasteiger partial charge in [0, 0.05) is 24.4 Å². The molecule has 3 nitrogen and oxygen atoms in total. The van der Waals surface area contributed by atoms with Gasteiger partial charge in [-0.15, -0.1) is 11.8 Å². The van der Waals surface area contributed by atoms with E-state index in [0.717, 1.165) is 18.7 Å². The highest BCUT2D eigenvalue weighted by Gasteiger charge is 2.25. The van der Waals surface area contributed by atoms with Crippen LogP contribution in [0.5, 0.6) is 5.75 Å². The van der Waals surface area contributed by atoms with Gasteiger partial charge in [-0.25, -0.2) is 4.39 Å². The Bertz CT molecular complexity index is 513. The molecular weight excluding hydrogens is 301 g/mol. The summed E-state index contributed by atoms with van der Waals surface area (Å²) in [7, 11) is 1.57. The zero-order valence-electron chi connectivity index (χ0n) is 13.5. The molecule has 1 aromatic carbocycles. The van der Waals surface area contributed by atoms with Crippen LogP contribution < -0.4 is 4.74 Å². The van der Waals surface area contributed by atoms with E-state index >= 15 is 0 Å². The van der Waals surface area contributed by atoms with Gasteiger partial charge in [-0.1, -0.05) is 13.8 Å². The summed E-state index contributed by atoms with van der Waals surface area (Å²) in [6.07, 6.45) is 1.19. The number of piperidine rings is 1. The summed E-state index contributed by atoms with van der Waals surface area (Å²) in [5.41, 5.74) is 0.792. The Balaban J connectivity index is 1.85. The molecule has 0 bridgehead atoms. The highest BCUT2D eigenvalue weighted by molar-refractivity contribution is 7.99. The highest BCUT2D eigenvalue weighted by atomic mass is 32.2. The molecule has 0 radical (unpaired) electrons. The molecule has 0 saturated carbocycles. The van der Waals surface area contributed by atoms with Crippen molar-refractivity contribution in [3.8, 4) is 5.75 Å². The Morgan fingerprint density at radius 3 is 2.68 bits per heavy atom. The van der Waals surface area contributed by atoms with Gasteiger partial charge in [0.25, 0.3) is 0 Å². The molecule has 0 N–H and O–H groups in total. The minimum absolute atomic E-state index is 0.179. The van der Waals surface area contributed by atoms with Crippen molar-refractivity contribution in [2.75, 3.05) is 26.0 Å². The second kappa shape index (κ2) is 7.86. The van der Waals surface area contributed by atoms with Gasteiger partial charge < -0.3 is 9.64 Å². The Morgan fingerprint density at radius 1 is 1.36 bits per heavy atom. The van der Waals surface area contributed by atoms with Gasteiger partial charge in [-0.05, 0) is 36.5 Å². The van der Waals surface area contributed by atoms with E-state index in [1.54, 1.807) is 13.2 Å². The van der Waals surface area contributed by atoms with Crippen LogP contribution in [0.2, 0.25) is 0 Å². The van der Waals surface area contributed by atoms with Gasteiger partial charge >= 0.3 is 0 Å². The van der Waals surface area contributed by atoms with Gasteiger partial charge in [0.05, 0.1) is 12.9 Å². The van der Waals surface area contributed by atoms with Crippen LogP contribution in [0.1, 0.15) is 25.8 Å². The predicted octanol–water partition coefficient (Wildman–Crippen LogP) is 3.57. The van der Waals surface area contributed by atoms with E-state index in [2.05, 4.69) is 13.8 Å². The van der Waals surface area contributed by atoms with Crippen LogP contribution in [0.15, 0.2) is 18.2 Å². The first-order valence-corrected chi connectivity index (χ1v) is 8.83. The molecule has 122 valence electrons. The summed E-state index contributed by atoms with van der Waals surface area (Å²) in [6, 6.07) is 4.48. The van der Waals surface area contributed by atoms with Crippen molar-refractivity contribution in [2.24, 2.45) is 11.8 Å². The Hall–Kier alpha value is -1.23. The summed E-state index contributed by atoms with van der Waals surface area (Å²) < 4.78 is 18.5. The van der Waals surface area contributed by atoms with Crippen LogP contribution in [-0.2, 0) is 10.5 Å². The fraction of sp³-hybridized carbons (Fsp3) is 0.588. The molecular formula is C17H24FNO2S. The van der Waals surface area contributed by atoms with Crippen molar-refractivity contribution >= 4 is 17.7 Å². The van der Waals surface area contributed by atoms with Crippen molar-refractivity contribution < 1.29 is 13.9 Å². The van der Waals surface area contributed by atoms with Crippen LogP contribution in [-0.4, -0.2) is 36.8 Å². The number of methoxy groups -OCH3 is 1. The molecule has 1 heterocycles. The van der Waals surface area contributed by atoms with Gasteiger partial charge in [-0.3, -0.25) is 4.79 Å². The molecule has 0 spiro atoms. The Kier molecular flexibility index (Phi) is 6.12. The summed E-state index contributed by atoms with van der Waals surface area (Å²) in [6.45, 7) is 6.10. The quantitative estimate of drug-likeness (QED) is 0.829. The van der Waals surface area contributed by atoms with Crippen LogP contribution in [0.4, 0.5) is 4.39 Å². The number of benzene rings is 1. The first-order valence-electron chi connectivity index (χ1n) is 7.67. The largest absolute Gasteiger partial charge is 0.496 e. The van der Waals surface area contributed by atoms with Gasteiger partial charge in [-0.2, -0.15) is 0 Å².